The topological polar surface area (TPSA) is 76.2 Å². The molecule has 5 rings (SSSR count). The second-order valence-corrected chi connectivity index (χ2v) is 11.1. The van der Waals surface area contributed by atoms with Crippen molar-refractivity contribution in [2.75, 3.05) is 5.32 Å². The van der Waals surface area contributed by atoms with Gasteiger partial charge >= 0.3 is 6.03 Å². The lowest BCUT2D eigenvalue weighted by atomic mass is 9.95. The summed E-state index contributed by atoms with van der Waals surface area (Å²) in [6.45, 7) is 9.53. The Morgan fingerprint density at radius 3 is 2.41 bits per heavy atom. The van der Waals surface area contributed by atoms with Gasteiger partial charge in [0.25, 0.3) is 0 Å². The average molecular weight is 578 g/mol. The van der Waals surface area contributed by atoms with Crippen molar-refractivity contribution in [3.63, 3.8) is 0 Å². The Labute approximate surface area is 244 Å². The summed E-state index contributed by atoms with van der Waals surface area (Å²) in [4.78, 5) is 13.7. The summed E-state index contributed by atoms with van der Waals surface area (Å²) >= 11 is 6.20. The Morgan fingerprint density at radius 1 is 1.07 bits per heavy atom. The maximum absolute atomic E-state index is 15.9. The van der Waals surface area contributed by atoms with Gasteiger partial charge in [-0.05, 0) is 67.1 Å². The smallest absolute Gasteiger partial charge is 0.316 e. The quantitative estimate of drug-likeness (QED) is 0.241. The standard InChI is InChI=1S/C32H34ClF2N5O/c1-5-20-8-7-9-21(6-2)30(20)40-31(24-14-27(35)29(15-26(24)34)37-32(36)41)25-17-39(19(4)13-28(25)38-40)16-22-10-11-23(33)12-18(22)3/h7-12,14-15,19H,5-6,13,16-17H2,1-4H3,(H3,36,37,41)/t19-/m0/s1. The van der Waals surface area contributed by atoms with Crippen LogP contribution >= 0.6 is 11.6 Å². The van der Waals surface area contributed by atoms with Crippen molar-refractivity contribution in [1.82, 2.24) is 14.7 Å². The highest BCUT2D eigenvalue weighted by Crippen LogP contribution is 2.39. The Kier molecular flexibility index (Phi) is 8.16. The molecule has 6 nitrogen and oxygen atoms in total. The molecule has 3 N–H and O–H groups in total. The third-order valence-electron chi connectivity index (χ3n) is 7.96. The normalized spacial score (nSPS) is 15.1. The van der Waals surface area contributed by atoms with Crippen LogP contribution in [0.15, 0.2) is 48.5 Å². The maximum atomic E-state index is 15.9. The van der Waals surface area contributed by atoms with Gasteiger partial charge in [-0.1, -0.05) is 49.7 Å². The van der Waals surface area contributed by atoms with E-state index in [2.05, 4.69) is 31.0 Å². The summed E-state index contributed by atoms with van der Waals surface area (Å²) in [7, 11) is 0. The molecule has 0 radical (unpaired) electrons. The minimum absolute atomic E-state index is 0.0800. The molecule has 0 bridgehead atoms. The summed E-state index contributed by atoms with van der Waals surface area (Å²) in [6, 6.07) is 13.3. The molecule has 0 unspecified atom stereocenters. The number of urea groups is 1. The molecular weight excluding hydrogens is 544 g/mol. The van der Waals surface area contributed by atoms with E-state index in [0.29, 0.717) is 30.2 Å². The number of nitrogens with two attached hydrogens (primary N) is 1. The minimum atomic E-state index is -0.968. The number of para-hydroxylation sites is 1. The highest BCUT2D eigenvalue weighted by Gasteiger charge is 2.32. The van der Waals surface area contributed by atoms with Gasteiger partial charge in [-0.3, -0.25) is 4.90 Å². The van der Waals surface area contributed by atoms with Crippen molar-refractivity contribution >= 4 is 23.3 Å². The summed E-state index contributed by atoms with van der Waals surface area (Å²) < 4.78 is 32.9. The minimum Gasteiger partial charge on any atom is -0.351 e. The Balaban J connectivity index is 1.70. The number of anilines is 1. The first-order chi connectivity index (χ1) is 19.6. The van der Waals surface area contributed by atoms with Crippen LogP contribution in [-0.4, -0.2) is 26.8 Å². The second-order valence-electron chi connectivity index (χ2n) is 10.6. The summed E-state index contributed by atoms with van der Waals surface area (Å²) in [6.07, 6.45) is 2.16. The van der Waals surface area contributed by atoms with Gasteiger partial charge in [0.15, 0.2) is 0 Å². The van der Waals surface area contributed by atoms with Crippen molar-refractivity contribution in [3.8, 4) is 16.9 Å². The number of carbonyl (C=O) groups is 1. The lowest BCUT2D eigenvalue weighted by molar-refractivity contribution is 0.174. The predicted octanol–water partition coefficient (Wildman–Crippen LogP) is 7.34. The van der Waals surface area contributed by atoms with E-state index in [9.17, 15) is 4.79 Å². The van der Waals surface area contributed by atoms with Crippen molar-refractivity contribution in [2.45, 2.75) is 66.1 Å². The van der Waals surface area contributed by atoms with Gasteiger partial charge < -0.3 is 11.1 Å². The van der Waals surface area contributed by atoms with E-state index in [1.54, 1.807) is 0 Å². The van der Waals surface area contributed by atoms with Gasteiger partial charge in [0.05, 0.1) is 22.8 Å². The zero-order chi connectivity index (χ0) is 29.4. The molecule has 0 spiro atoms. The largest absolute Gasteiger partial charge is 0.351 e. The number of nitrogens with zero attached hydrogens (tertiary/aromatic N) is 3. The molecule has 0 saturated heterocycles. The molecule has 1 atom stereocenters. The van der Waals surface area contributed by atoms with Crippen LogP contribution < -0.4 is 11.1 Å². The Morgan fingerprint density at radius 2 is 1.78 bits per heavy atom. The van der Waals surface area contributed by atoms with E-state index >= 15 is 8.78 Å². The molecule has 3 aromatic carbocycles. The van der Waals surface area contributed by atoms with E-state index in [-0.39, 0.29) is 17.3 Å². The fourth-order valence-corrected chi connectivity index (χ4v) is 5.97. The Hall–Kier alpha value is -3.75. The molecule has 214 valence electrons. The summed E-state index contributed by atoms with van der Waals surface area (Å²) in [5.41, 5.74) is 12.5. The van der Waals surface area contributed by atoms with E-state index < -0.39 is 17.7 Å². The summed E-state index contributed by atoms with van der Waals surface area (Å²) in [5.74, 6) is -1.45. The monoisotopic (exact) mass is 577 g/mol. The van der Waals surface area contributed by atoms with Gasteiger partial charge in [0.1, 0.15) is 11.6 Å². The average Bonchev–Trinajstić information content (AvgIpc) is 3.28. The number of fused-ring (bicyclic) bond motifs is 1. The van der Waals surface area contributed by atoms with E-state index in [0.717, 1.165) is 64.2 Å². The van der Waals surface area contributed by atoms with Crippen molar-refractivity contribution in [1.29, 1.82) is 0 Å². The first kappa shape index (κ1) is 28.8. The SMILES string of the molecule is CCc1cccc(CC)c1-n1nc2c(c1-c1cc(F)c(NC(N)=O)cc1F)CN(Cc1ccc(Cl)cc1C)[C@@H](C)C2. The number of nitrogens with one attached hydrogen (secondary N) is 1. The molecule has 41 heavy (non-hydrogen) atoms. The lowest BCUT2D eigenvalue weighted by Crippen LogP contribution is -2.37. The molecule has 0 fully saturated rings. The summed E-state index contributed by atoms with van der Waals surface area (Å²) in [5, 5.41) is 7.93. The molecule has 1 aliphatic heterocycles. The van der Waals surface area contributed by atoms with Gasteiger partial charge in [-0.2, -0.15) is 5.10 Å². The van der Waals surface area contributed by atoms with Crippen LogP contribution in [0.1, 0.15) is 54.3 Å². The third-order valence-corrected chi connectivity index (χ3v) is 8.20. The van der Waals surface area contributed by atoms with Crippen molar-refractivity contribution in [2.24, 2.45) is 5.73 Å². The van der Waals surface area contributed by atoms with Gasteiger partial charge in [0.2, 0.25) is 0 Å². The molecule has 1 aromatic heterocycles. The molecule has 0 saturated carbocycles. The van der Waals surface area contributed by atoms with Crippen molar-refractivity contribution in [3.05, 3.63) is 98.7 Å². The first-order valence-corrected chi connectivity index (χ1v) is 14.3. The number of aromatic nitrogens is 2. The predicted molar refractivity (Wildman–Crippen MR) is 159 cm³/mol. The molecule has 0 aliphatic carbocycles. The fraction of sp³-hybridized carbons (Fsp3) is 0.312. The van der Waals surface area contributed by atoms with E-state index in [1.165, 1.54) is 0 Å². The van der Waals surface area contributed by atoms with Crippen LogP contribution in [0.4, 0.5) is 19.3 Å². The molecule has 2 amide bonds. The molecule has 2 heterocycles. The van der Waals surface area contributed by atoms with Crippen molar-refractivity contribution < 1.29 is 13.6 Å². The lowest BCUT2D eigenvalue weighted by Gasteiger charge is -2.33. The first-order valence-electron chi connectivity index (χ1n) is 13.9. The van der Waals surface area contributed by atoms with Gasteiger partial charge in [0, 0.05) is 47.8 Å². The van der Waals surface area contributed by atoms with E-state index in [4.69, 9.17) is 22.4 Å². The number of primary amides is 1. The number of amides is 2. The number of benzene rings is 3. The molecular formula is C32H34ClF2N5O. The number of halogens is 3. The van der Waals surface area contributed by atoms with Crippen LogP contribution in [-0.2, 0) is 32.4 Å². The highest BCUT2D eigenvalue weighted by atomic mass is 35.5. The molecule has 4 aromatic rings. The third kappa shape index (κ3) is 5.59. The van der Waals surface area contributed by atoms with Crippen LogP contribution in [0.3, 0.4) is 0 Å². The van der Waals surface area contributed by atoms with E-state index in [1.807, 2.05) is 48.0 Å². The number of hydrogen-bond donors (Lipinski definition) is 2. The molecule has 9 heteroatoms. The fourth-order valence-electron chi connectivity index (χ4n) is 5.74. The van der Waals surface area contributed by atoms with Crippen LogP contribution in [0.25, 0.3) is 16.9 Å². The number of rotatable bonds is 7. The maximum Gasteiger partial charge on any atom is 0.316 e. The zero-order valence-corrected chi connectivity index (χ0v) is 24.4. The van der Waals surface area contributed by atoms with Gasteiger partial charge in [-0.25, -0.2) is 18.3 Å². The number of hydrogen-bond acceptors (Lipinski definition) is 3. The molecule has 1 aliphatic rings. The number of aryl methyl sites for hydroxylation is 3. The van der Waals surface area contributed by atoms with Crippen LogP contribution in [0.5, 0.6) is 0 Å². The Bertz CT molecular complexity index is 1610. The number of carbonyl (C=O) groups excluding carboxylic acids is 1. The second kappa shape index (κ2) is 11.6. The van der Waals surface area contributed by atoms with Crippen LogP contribution in [0.2, 0.25) is 5.02 Å². The zero-order valence-electron chi connectivity index (χ0n) is 23.7. The van der Waals surface area contributed by atoms with Gasteiger partial charge in [-0.15, -0.1) is 0 Å². The van der Waals surface area contributed by atoms with Crippen LogP contribution in [0, 0.1) is 18.6 Å². The highest BCUT2D eigenvalue weighted by molar-refractivity contribution is 6.30.